The fourth-order valence-corrected chi connectivity index (χ4v) is 9.06. The topological polar surface area (TPSA) is 134 Å². The molecule has 246 valence electrons. The summed E-state index contributed by atoms with van der Waals surface area (Å²) in [4.78, 5) is 26.4. The summed E-state index contributed by atoms with van der Waals surface area (Å²) in [7, 11) is 0. The number of carbonyl (C=O) groups excluding carboxylic acids is 2. The first-order chi connectivity index (χ1) is 21.0. The molecule has 0 heterocycles. The van der Waals surface area contributed by atoms with E-state index in [4.69, 9.17) is 9.47 Å². The van der Waals surface area contributed by atoms with Crippen LogP contribution in [0.15, 0.2) is 59.7 Å². The number of allylic oxidation sites excluding steroid dienone is 1. The number of hydrogen-bond acceptors (Lipinski definition) is 8. The normalized spacial score (nSPS) is 40.3. The van der Waals surface area contributed by atoms with Gasteiger partial charge in [-0.05, 0) is 81.8 Å². The smallest absolute Gasteiger partial charge is 0.331 e. The first-order valence-electron chi connectivity index (χ1n) is 16.4. The Kier molecular flexibility index (Phi) is 8.79. The van der Waals surface area contributed by atoms with Crippen LogP contribution in [0.5, 0.6) is 0 Å². The third-order valence-electron chi connectivity index (χ3n) is 12.3. The minimum absolute atomic E-state index is 0.0194. The first kappa shape index (κ1) is 33.6. The fourth-order valence-electron chi connectivity index (χ4n) is 9.06. The summed E-state index contributed by atoms with van der Waals surface area (Å²) in [5.41, 5.74) is -4.85. The van der Waals surface area contributed by atoms with Crippen molar-refractivity contribution in [3.05, 3.63) is 65.3 Å². The zero-order valence-corrected chi connectivity index (χ0v) is 27.5. The van der Waals surface area contributed by atoms with Crippen LogP contribution in [-0.4, -0.2) is 67.5 Å². The number of fused-ring (bicyclic) bond motifs is 5. The molecule has 4 N–H and O–H groups in total. The average molecular weight is 623 g/mol. The Labute approximate surface area is 266 Å². The molecule has 0 radical (unpaired) electrons. The molecule has 8 heteroatoms. The number of aliphatic hydroxyl groups is 4. The van der Waals surface area contributed by atoms with E-state index < -0.39 is 63.8 Å². The summed E-state index contributed by atoms with van der Waals surface area (Å²) in [6, 6.07) is 9.33. The Morgan fingerprint density at radius 2 is 1.69 bits per heavy atom. The Balaban J connectivity index is 1.56. The zero-order chi connectivity index (χ0) is 33.0. The van der Waals surface area contributed by atoms with Crippen molar-refractivity contribution in [1.82, 2.24) is 0 Å². The Morgan fingerprint density at radius 3 is 2.36 bits per heavy atom. The second kappa shape index (κ2) is 11.8. The lowest BCUT2D eigenvalue weighted by Gasteiger charge is -2.67. The maximum atomic E-state index is 13.4. The molecule has 4 aliphatic carbocycles. The van der Waals surface area contributed by atoms with Gasteiger partial charge >= 0.3 is 11.9 Å². The van der Waals surface area contributed by atoms with E-state index in [0.717, 1.165) is 16.7 Å². The van der Waals surface area contributed by atoms with Gasteiger partial charge < -0.3 is 29.9 Å². The van der Waals surface area contributed by atoms with Gasteiger partial charge in [0.15, 0.2) is 0 Å². The first-order valence-corrected chi connectivity index (χ1v) is 16.4. The van der Waals surface area contributed by atoms with Crippen molar-refractivity contribution >= 4 is 18.0 Å². The van der Waals surface area contributed by atoms with E-state index in [1.165, 1.54) is 12.2 Å². The quantitative estimate of drug-likeness (QED) is 0.189. The lowest BCUT2D eigenvalue weighted by molar-refractivity contribution is -0.326. The summed E-state index contributed by atoms with van der Waals surface area (Å²) in [5.74, 6) is -1.62. The van der Waals surface area contributed by atoms with Crippen LogP contribution in [0, 0.1) is 22.7 Å². The SMILES string of the molecule is CC(=CC(=O)OC(C)C1(O)CCC2(O)C3(O)CC=C4CC(O)CCC4(C)C3CC(OC(=O)C=Cc3ccccc3)C12C)C(C)C. The van der Waals surface area contributed by atoms with Crippen molar-refractivity contribution in [2.45, 2.75) is 122 Å². The predicted octanol–water partition coefficient (Wildman–Crippen LogP) is 5.04. The number of carbonyl (C=O) groups is 2. The highest BCUT2D eigenvalue weighted by Crippen LogP contribution is 2.71. The minimum atomic E-state index is -1.89. The molecular formula is C37H50O8. The molecular weight excluding hydrogens is 572 g/mol. The highest BCUT2D eigenvalue weighted by Gasteiger charge is 2.81. The van der Waals surface area contributed by atoms with E-state index >= 15 is 0 Å². The summed E-state index contributed by atoms with van der Waals surface area (Å²) in [6.07, 6.45) is 5.78. The maximum Gasteiger partial charge on any atom is 0.331 e. The number of rotatable bonds is 7. The van der Waals surface area contributed by atoms with Gasteiger partial charge in [0.1, 0.15) is 29.0 Å². The van der Waals surface area contributed by atoms with Crippen LogP contribution in [0.25, 0.3) is 6.08 Å². The predicted molar refractivity (Wildman–Crippen MR) is 170 cm³/mol. The molecule has 4 aliphatic rings. The van der Waals surface area contributed by atoms with Crippen molar-refractivity contribution in [2.24, 2.45) is 22.7 Å². The van der Waals surface area contributed by atoms with Crippen LogP contribution in [0.3, 0.4) is 0 Å². The maximum absolute atomic E-state index is 13.4. The molecule has 3 saturated carbocycles. The van der Waals surface area contributed by atoms with Crippen molar-refractivity contribution < 1.29 is 39.5 Å². The fraction of sp³-hybridized carbons (Fsp3) is 0.622. The van der Waals surface area contributed by atoms with Crippen LogP contribution in [0.4, 0.5) is 0 Å². The van der Waals surface area contributed by atoms with E-state index in [1.807, 2.05) is 57.2 Å². The molecule has 0 bridgehead atoms. The van der Waals surface area contributed by atoms with Crippen LogP contribution >= 0.6 is 0 Å². The van der Waals surface area contributed by atoms with Crippen molar-refractivity contribution in [3.63, 3.8) is 0 Å². The van der Waals surface area contributed by atoms with Crippen molar-refractivity contribution in [1.29, 1.82) is 0 Å². The van der Waals surface area contributed by atoms with Gasteiger partial charge in [0, 0.05) is 18.1 Å². The lowest BCUT2D eigenvalue weighted by Crippen LogP contribution is -2.78. The Hall–Kier alpha value is -2.78. The molecule has 5 rings (SSSR count). The van der Waals surface area contributed by atoms with Crippen LogP contribution in [-0.2, 0) is 19.1 Å². The second-order valence-corrected chi connectivity index (χ2v) is 14.7. The molecule has 1 aromatic carbocycles. The van der Waals surface area contributed by atoms with Gasteiger partial charge in [0.2, 0.25) is 0 Å². The van der Waals surface area contributed by atoms with Gasteiger partial charge in [-0.15, -0.1) is 0 Å². The van der Waals surface area contributed by atoms with Gasteiger partial charge in [-0.1, -0.05) is 75.2 Å². The minimum Gasteiger partial charge on any atom is -0.458 e. The zero-order valence-electron chi connectivity index (χ0n) is 27.5. The molecule has 0 spiro atoms. The average Bonchev–Trinajstić information content (AvgIpc) is 3.22. The highest BCUT2D eigenvalue weighted by atomic mass is 16.6. The number of esters is 2. The lowest BCUT2D eigenvalue weighted by atomic mass is 9.42. The van der Waals surface area contributed by atoms with E-state index in [9.17, 15) is 30.0 Å². The molecule has 1 aromatic rings. The summed E-state index contributed by atoms with van der Waals surface area (Å²) >= 11 is 0. The molecule has 9 atom stereocenters. The second-order valence-electron chi connectivity index (χ2n) is 14.7. The molecule has 0 amide bonds. The largest absolute Gasteiger partial charge is 0.458 e. The number of hydrogen-bond donors (Lipinski definition) is 4. The molecule has 0 aliphatic heterocycles. The van der Waals surface area contributed by atoms with E-state index in [2.05, 4.69) is 6.92 Å². The van der Waals surface area contributed by atoms with Gasteiger partial charge in [-0.25, -0.2) is 9.59 Å². The molecule has 0 saturated heterocycles. The standard InChI is InChI=1S/C37H50O8/c1-23(2)24(3)20-32(40)44-25(4)35(41)18-19-37(43)34(35,6)30(45-31(39)13-12-26-10-8-7-9-11-26)22-29-33(5)16-15-28(38)21-27(33)14-17-36(29,37)42/h7-14,20,23,25,28-30,38,41-43H,15-19,21-22H2,1-6H3. The molecule has 3 fully saturated rings. The molecule has 45 heavy (non-hydrogen) atoms. The van der Waals surface area contributed by atoms with Crippen molar-refractivity contribution in [3.8, 4) is 0 Å². The van der Waals surface area contributed by atoms with E-state index in [0.29, 0.717) is 19.3 Å². The third kappa shape index (κ3) is 5.22. The molecule has 9 unspecified atom stereocenters. The van der Waals surface area contributed by atoms with Gasteiger partial charge in [-0.3, -0.25) is 0 Å². The van der Waals surface area contributed by atoms with Gasteiger partial charge in [0.25, 0.3) is 0 Å². The highest BCUT2D eigenvalue weighted by molar-refractivity contribution is 5.87. The van der Waals surface area contributed by atoms with Crippen LogP contribution < -0.4 is 0 Å². The third-order valence-corrected chi connectivity index (χ3v) is 12.3. The van der Waals surface area contributed by atoms with Gasteiger partial charge in [0.05, 0.1) is 11.5 Å². The number of aliphatic hydroxyl groups excluding tert-OH is 1. The van der Waals surface area contributed by atoms with Gasteiger partial charge in [-0.2, -0.15) is 0 Å². The molecule has 8 nitrogen and oxygen atoms in total. The van der Waals surface area contributed by atoms with Crippen molar-refractivity contribution in [2.75, 3.05) is 0 Å². The summed E-state index contributed by atoms with van der Waals surface area (Å²) in [5, 5.41) is 48.6. The summed E-state index contributed by atoms with van der Waals surface area (Å²) in [6.45, 7) is 11.1. The summed E-state index contributed by atoms with van der Waals surface area (Å²) < 4.78 is 12.0. The van der Waals surface area contributed by atoms with Crippen LogP contribution in [0.1, 0.15) is 92.1 Å². The van der Waals surface area contributed by atoms with Crippen LogP contribution in [0.2, 0.25) is 0 Å². The van der Waals surface area contributed by atoms with E-state index in [-0.39, 0.29) is 31.6 Å². The Morgan fingerprint density at radius 1 is 1.00 bits per heavy atom. The number of ether oxygens (including phenoxy) is 2. The number of benzene rings is 1. The Bertz CT molecular complexity index is 1400. The monoisotopic (exact) mass is 622 g/mol. The molecule has 0 aromatic heterocycles. The van der Waals surface area contributed by atoms with E-state index in [1.54, 1.807) is 19.9 Å².